The molecule has 20 heteroatoms. The summed E-state index contributed by atoms with van der Waals surface area (Å²) in [7, 11) is -1.02. The van der Waals surface area contributed by atoms with Crippen LogP contribution in [0.3, 0.4) is 0 Å². The summed E-state index contributed by atoms with van der Waals surface area (Å²) in [5, 5.41) is 0. The van der Waals surface area contributed by atoms with E-state index in [1.807, 2.05) is 0 Å². The zero-order chi connectivity index (χ0) is 80.4. The Labute approximate surface area is 713 Å². The molecule has 2 fully saturated rings. The van der Waals surface area contributed by atoms with E-state index in [1.54, 1.807) is 37.2 Å². The third-order valence-electron chi connectivity index (χ3n) is 22.9. The Balaban J connectivity index is 0.000000181. The Bertz CT molecular complexity index is 4870. The van der Waals surface area contributed by atoms with Gasteiger partial charge >= 0.3 is 14.2 Å². The number of hydrogen-bond donors (Lipinski definition) is 0. The van der Waals surface area contributed by atoms with E-state index in [4.69, 9.17) is 37.6 Å². The van der Waals surface area contributed by atoms with Crippen LogP contribution in [0, 0.1) is 3.83 Å². The quantitative estimate of drug-likeness (QED) is 0.0198. The van der Waals surface area contributed by atoms with Crippen LogP contribution in [-0.2, 0) is 29.4 Å². The third-order valence-corrected chi connectivity index (χ3v) is 24.7. The topological polar surface area (TPSA) is 151 Å². The average molecular weight is 1830 g/mol. The highest BCUT2D eigenvalue weighted by Gasteiger charge is 2.56. The normalized spacial score (nSPS) is 15.8. The molecule has 14 nitrogen and oxygen atoms in total. The van der Waals surface area contributed by atoms with E-state index in [-0.39, 0.29) is 0 Å². The minimum atomic E-state index is -0.729. The first kappa shape index (κ1) is 84.3. The van der Waals surface area contributed by atoms with Crippen molar-refractivity contribution < 1.29 is 37.6 Å². The van der Waals surface area contributed by atoms with Crippen molar-refractivity contribution in [3.8, 4) is 68.0 Å². The van der Waals surface area contributed by atoms with Crippen molar-refractivity contribution in [2.24, 2.45) is 0 Å². The lowest BCUT2D eigenvalue weighted by Crippen LogP contribution is -2.41. The predicted octanol–water partition coefficient (Wildman–Crippen LogP) is 23.3. The van der Waals surface area contributed by atoms with E-state index in [0.717, 1.165) is 184 Å². The second-order valence-electron chi connectivity index (χ2n) is 31.7. The fourth-order valence-electron chi connectivity index (χ4n) is 15.5. The Hall–Kier alpha value is -7.66. The number of hydrogen-bond acceptors (Lipinski definition) is 14. The zero-order valence-electron chi connectivity index (χ0n) is 67.6. The summed E-state index contributed by atoms with van der Waals surface area (Å²) in [5.74, 6) is 4.44. The van der Waals surface area contributed by atoms with Gasteiger partial charge in [0.15, 0.2) is 38.5 Å². The van der Waals surface area contributed by atoms with Gasteiger partial charge in [-0.15, -0.1) is 0 Å². The molecule has 3 aromatic heterocycles. The molecule has 4 aliphatic rings. The number of ether oxygens (including phenoxy) is 4. The third kappa shape index (κ3) is 17.8. The summed E-state index contributed by atoms with van der Waals surface area (Å²) < 4.78 is 56.1. The first-order chi connectivity index (χ1) is 55.0. The van der Waals surface area contributed by atoms with Crippen molar-refractivity contribution >= 4 is 95.5 Å². The first-order valence-electron chi connectivity index (χ1n) is 40.3. The Morgan fingerprint density at radius 2 is 0.623 bits per heavy atom. The molecule has 2 saturated heterocycles. The highest BCUT2D eigenvalue weighted by atomic mass is 127. The Morgan fingerprint density at radius 1 is 0.325 bits per heavy atom. The van der Waals surface area contributed by atoms with Crippen LogP contribution in [0.15, 0.2) is 220 Å². The molecule has 0 radical (unpaired) electrons. The van der Waals surface area contributed by atoms with E-state index in [9.17, 15) is 0 Å². The van der Waals surface area contributed by atoms with Gasteiger partial charge in [-0.2, -0.15) is 0 Å². The van der Waals surface area contributed by atoms with E-state index in [0.29, 0.717) is 38.1 Å². The van der Waals surface area contributed by atoms with Gasteiger partial charge < -0.3 is 37.6 Å². The molecule has 5 heterocycles. The van der Waals surface area contributed by atoms with E-state index < -0.39 is 47.5 Å². The maximum atomic E-state index is 6.65. The van der Waals surface area contributed by atoms with Gasteiger partial charge in [0, 0.05) is 70.9 Å². The van der Waals surface area contributed by atoms with Gasteiger partial charge in [0.1, 0.15) is 0 Å². The SMILES string of the molecule is Brc1cnc(I)nc1.CCCCCOc1ccc(C2(c3ccccc3)c3cc(-c4ncc(Br)cn4)ccc3-c3ccc(-c4ncc(Br)cn4)cc32)cc1OCCCCC.CCCCCOc1ccc(C2(c3ccccc3)c3cc(B4OC(C)(C)C(C)(C)O4)ccc3-c3ccc(B4OC(C)(C)C(C)(C)O4)cc32)cc1OCCCCC. The lowest BCUT2D eigenvalue weighted by molar-refractivity contribution is 0.00578. The van der Waals surface area contributed by atoms with Gasteiger partial charge in [-0.05, 0) is 243 Å². The highest BCUT2D eigenvalue weighted by Crippen LogP contribution is 2.60. The summed E-state index contributed by atoms with van der Waals surface area (Å²) in [6.07, 6.45) is 23.6. The monoisotopic (exact) mass is 1830 g/mol. The number of aromatic nitrogens is 6. The molecule has 0 amide bonds. The van der Waals surface area contributed by atoms with Crippen molar-refractivity contribution in [1.82, 2.24) is 29.9 Å². The van der Waals surface area contributed by atoms with Gasteiger partial charge in [-0.25, -0.2) is 29.9 Å². The molecule has 0 spiro atoms. The minimum absolute atomic E-state index is 0.467. The summed E-state index contributed by atoms with van der Waals surface area (Å²) in [6, 6.07) is 61.4. The Kier molecular flexibility index (Phi) is 27.3. The molecular formula is C94H102B2Br3IN6O8. The fourth-order valence-corrected chi connectivity index (χ4v) is 16.4. The van der Waals surface area contributed by atoms with Gasteiger partial charge in [-0.1, -0.05) is 213 Å². The number of benzene rings is 8. The molecule has 0 saturated carbocycles. The fraction of sp³-hybridized carbons (Fsp3) is 0.362. The molecule has 8 aromatic carbocycles. The molecule has 11 aromatic rings. The maximum Gasteiger partial charge on any atom is 0.494 e. The van der Waals surface area contributed by atoms with Crippen molar-refractivity contribution in [2.75, 3.05) is 26.4 Å². The number of nitrogens with zero attached hydrogens (tertiary/aromatic N) is 6. The first-order valence-corrected chi connectivity index (χ1v) is 43.7. The number of fused-ring (bicyclic) bond motifs is 6. The van der Waals surface area contributed by atoms with Crippen LogP contribution < -0.4 is 29.9 Å². The van der Waals surface area contributed by atoms with Crippen LogP contribution in [-0.4, -0.2) is 93.0 Å². The number of halogens is 4. The zero-order valence-corrected chi connectivity index (χ0v) is 74.5. The molecule has 2 aliphatic heterocycles. The lowest BCUT2D eigenvalue weighted by atomic mass is 9.65. The van der Waals surface area contributed by atoms with Gasteiger partial charge in [0.25, 0.3) is 0 Å². The average Bonchev–Trinajstić information content (AvgIpc) is 1.54. The van der Waals surface area contributed by atoms with Crippen LogP contribution in [0.1, 0.15) is 205 Å². The predicted molar refractivity (Wildman–Crippen MR) is 479 cm³/mol. The largest absolute Gasteiger partial charge is 0.494 e. The van der Waals surface area contributed by atoms with Crippen LogP contribution >= 0.6 is 70.4 Å². The van der Waals surface area contributed by atoms with E-state index in [1.165, 1.54) is 22.3 Å². The number of rotatable bonds is 28. The number of unbranched alkanes of at least 4 members (excludes halogenated alkanes) is 8. The molecular weight excluding hydrogens is 1730 g/mol. The van der Waals surface area contributed by atoms with Gasteiger partial charge in [0.05, 0.1) is 73.1 Å². The summed E-state index contributed by atoms with van der Waals surface area (Å²) in [4.78, 5) is 26.5. The minimum Gasteiger partial charge on any atom is -0.490 e. The maximum absolute atomic E-state index is 6.65. The van der Waals surface area contributed by atoms with E-state index in [2.05, 4.69) is 353 Å². The molecule has 590 valence electrons. The van der Waals surface area contributed by atoms with Crippen LogP contribution in [0.5, 0.6) is 23.0 Å². The standard InChI is InChI=1S/C47H60B2O6.C43H40Br2N4O2.C4H2BrIN2/c1-11-13-18-28-50-41-27-22-34(30-42(41)51-29-19-14-12-2)47(33-20-16-15-17-21-33)39-31-35(48-52-43(3,4)44(5,6)53-48)23-25-37(39)38-26-24-36(32-40(38)47)49-54-45(7,8)46(9,10)55-49;1-3-5-10-20-50-39-19-16-32(24-40(39)51-21-11-6-4-2)43(31-12-8-7-9-13-31)37-22-29(41-46-25-33(44)26-47-41)14-17-35(37)36-18-15-30(23-38(36)43)42-48-27-34(45)28-49-42;5-3-1-7-4(6)8-2-3/h15-17,20-27,30-32H,11-14,18-19,28-29H2,1-10H3;7-9,12-19,22-28H,3-6,10-11,20-21H2,1-2H3;1-2H. The van der Waals surface area contributed by atoms with Gasteiger partial charge in [-0.3, -0.25) is 0 Å². The second kappa shape index (κ2) is 36.9. The van der Waals surface area contributed by atoms with Crippen LogP contribution in [0.25, 0.3) is 45.0 Å². The van der Waals surface area contributed by atoms with Crippen LogP contribution in [0.2, 0.25) is 0 Å². The highest BCUT2D eigenvalue weighted by molar-refractivity contribution is 14.1. The van der Waals surface area contributed by atoms with Gasteiger partial charge in [0.2, 0.25) is 0 Å². The van der Waals surface area contributed by atoms with Crippen molar-refractivity contribution in [2.45, 2.75) is 193 Å². The molecule has 0 unspecified atom stereocenters. The smallest absolute Gasteiger partial charge is 0.490 e. The molecule has 114 heavy (non-hydrogen) atoms. The summed E-state index contributed by atoms with van der Waals surface area (Å²) in [5.41, 5.74) is 14.3. The van der Waals surface area contributed by atoms with Crippen molar-refractivity contribution in [3.63, 3.8) is 0 Å². The van der Waals surface area contributed by atoms with Crippen LogP contribution in [0.4, 0.5) is 0 Å². The lowest BCUT2D eigenvalue weighted by Gasteiger charge is -2.35. The summed E-state index contributed by atoms with van der Waals surface area (Å²) in [6.45, 7) is 28.3. The van der Waals surface area contributed by atoms with Crippen molar-refractivity contribution in [1.29, 1.82) is 0 Å². The summed E-state index contributed by atoms with van der Waals surface area (Å²) >= 11 is 12.3. The molecule has 2 aliphatic carbocycles. The molecule has 0 atom stereocenters. The van der Waals surface area contributed by atoms with Crippen molar-refractivity contribution in [3.05, 3.63) is 269 Å². The molecule has 0 bridgehead atoms. The molecule has 0 N–H and O–H groups in total. The van der Waals surface area contributed by atoms with E-state index >= 15 is 0 Å². The second-order valence-corrected chi connectivity index (χ2v) is 35.4. The Morgan fingerprint density at radius 3 is 0.939 bits per heavy atom. The molecule has 15 rings (SSSR count).